The monoisotopic (exact) mass is 273 g/mol. The van der Waals surface area contributed by atoms with Crippen LogP contribution >= 0.6 is 0 Å². The number of hydrogen-bond acceptors (Lipinski definition) is 4. The summed E-state index contributed by atoms with van der Waals surface area (Å²) in [5.41, 5.74) is -0.486. The van der Waals surface area contributed by atoms with Crippen molar-refractivity contribution < 1.29 is 18.3 Å². The van der Waals surface area contributed by atoms with E-state index in [2.05, 4.69) is 0 Å². The van der Waals surface area contributed by atoms with E-state index in [-0.39, 0.29) is 23.6 Å². The number of aromatic nitrogens is 1. The van der Waals surface area contributed by atoms with Crippen molar-refractivity contribution in [2.24, 2.45) is 0 Å². The Balaban J connectivity index is 3.14. The van der Waals surface area contributed by atoms with E-state index in [0.29, 0.717) is 5.69 Å². The lowest BCUT2D eigenvalue weighted by Gasteiger charge is -2.10. The molecule has 0 unspecified atom stereocenters. The van der Waals surface area contributed by atoms with Gasteiger partial charge in [0.2, 0.25) is 0 Å². The number of carboxylic acid groups (broad SMARTS) is 1. The van der Waals surface area contributed by atoms with E-state index >= 15 is 0 Å². The van der Waals surface area contributed by atoms with Gasteiger partial charge in [0, 0.05) is 18.0 Å². The molecular weight excluding hydrogens is 258 g/mol. The molecule has 1 N–H and O–H groups in total. The van der Waals surface area contributed by atoms with Gasteiger partial charge in [0.15, 0.2) is 9.84 Å². The van der Waals surface area contributed by atoms with Crippen molar-refractivity contribution >= 4 is 15.8 Å². The summed E-state index contributed by atoms with van der Waals surface area (Å²) in [6, 6.07) is 2.72. The second kappa shape index (κ2) is 5.34. The minimum Gasteiger partial charge on any atom is -0.477 e. The topological polar surface area (TPSA) is 93.4 Å². The number of carbonyl (C=O) groups is 1. The summed E-state index contributed by atoms with van der Waals surface area (Å²) in [5.74, 6) is -1.49. The van der Waals surface area contributed by atoms with Gasteiger partial charge in [0.25, 0.3) is 5.56 Å². The zero-order valence-electron chi connectivity index (χ0n) is 10.2. The molecule has 18 heavy (non-hydrogen) atoms. The van der Waals surface area contributed by atoms with Gasteiger partial charge in [0.05, 0.1) is 5.75 Å². The zero-order chi connectivity index (χ0) is 13.9. The first-order valence-corrected chi connectivity index (χ1v) is 7.25. The van der Waals surface area contributed by atoms with Gasteiger partial charge >= 0.3 is 5.97 Å². The van der Waals surface area contributed by atoms with Crippen LogP contribution in [0.1, 0.15) is 23.0 Å². The summed E-state index contributed by atoms with van der Waals surface area (Å²) in [4.78, 5) is 22.6. The van der Waals surface area contributed by atoms with Gasteiger partial charge in [-0.3, -0.25) is 4.79 Å². The van der Waals surface area contributed by atoms with E-state index in [4.69, 9.17) is 5.11 Å². The molecule has 1 rings (SSSR count). The van der Waals surface area contributed by atoms with Gasteiger partial charge in [-0.2, -0.15) is 0 Å². The van der Waals surface area contributed by atoms with E-state index in [1.807, 2.05) is 0 Å². The van der Waals surface area contributed by atoms with Crippen LogP contribution in [0.25, 0.3) is 0 Å². The molecule has 0 amide bonds. The molecule has 0 fully saturated rings. The zero-order valence-corrected chi connectivity index (χ0v) is 11.0. The number of aryl methyl sites for hydroxylation is 1. The molecule has 0 saturated heterocycles. The maximum absolute atomic E-state index is 11.8. The molecule has 1 aromatic rings. The Bertz CT molecular complexity index is 615. The van der Waals surface area contributed by atoms with E-state index in [1.54, 1.807) is 6.92 Å². The summed E-state index contributed by atoms with van der Waals surface area (Å²) in [6.45, 7) is 3.13. The fourth-order valence-electron chi connectivity index (χ4n) is 1.49. The lowest BCUT2D eigenvalue weighted by Crippen LogP contribution is -2.30. The Kier molecular flexibility index (Phi) is 4.28. The van der Waals surface area contributed by atoms with Crippen molar-refractivity contribution in [2.45, 2.75) is 20.4 Å². The standard InChI is InChI=1S/C11H15NO5S/c1-3-18(16,17)7-6-12-8(2)4-5-9(10(12)13)11(14)15/h4-5H,3,6-7H2,1-2H3,(H,14,15). The van der Waals surface area contributed by atoms with Gasteiger partial charge < -0.3 is 9.67 Å². The first-order valence-electron chi connectivity index (χ1n) is 5.42. The molecule has 100 valence electrons. The van der Waals surface area contributed by atoms with Gasteiger partial charge in [-0.05, 0) is 19.1 Å². The Morgan fingerprint density at radius 2 is 2.00 bits per heavy atom. The van der Waals surface area contributed by atoms with E-state index in [9.17, 15) is 18.0 Å². The van der Waals surface area contributed by atoms with Crippen LogP contribution in [0, 0.1) is 6.92 Å². The Morgan fingerprint density at radius 1 is 1.39 bits per heavy atom. The SMILES string of the molecule is CCS(=O)(=O)CCn1c(C)ccc(C(=O)O)c1=O. The molecule has 0 aliphatic carbocycles. The maximum Gasteiger partial charge on any atom is 0.341 e. The minimum atomic E-state index is -3.19. The third-order valence-electron chi connectivity index (χ3n) is 2.69. The van der Waals surface area contributed by atoms with Crippen LogP contribution < -0.4 is 5.56 Å². The molecule has 0 bridgehead atoms. The molecule has 0 aromatic carbocycles. The summed E-state index contributed by atoms with van der Waals surface area (Å²) in [7, 11) is -3.19. The number of nitrogens with zero attached hydrogens (tertiary/aromatic N) is 1. The van der Waals surface area contributed by atoms with Crippen LogP contribution in [-0.4, -0.2) is 35.6 Å². The highest BCUT2D eigenvalue weighted by Crippen LogP contribution is 2.00. The number of aromatic carboxylic acids is 1. The minimum absolute atomic E-state index is 0.000576. The summed E-state index contributed by atoms with van der Waals surface area (Å²) < 4.78 is 23.9. The number of rotatable bonds is 5. The van der Waals surface area contributed by atoms with Crippen LogP contribution in [0.2, 0.25) is 0 Å². The van der Waals surface area contributed by atoms with Crippen molar-refractivity contribution in [1.82, 2.24) is 4.57 Å². The molecule has 6 nitrogen and oxygen atoms in total. The Labute approximate surface area is 105 Å². The van der Waals surface area contributed by atoms with Crippen molar-refractivity contribution in [3.8, 4) is 0 Å². The fraction of sp³-hybridized carbons (Fsp3) is 0.455. The highest BCUT2D eigenvalue weighted by Gasteiger charge is 2.14. The lowest BCUT2D eigenvalue weighted by molar-refractivity contribution is 0.0694. The fourth-order valence-corrected chi connectivity index (χ4v) is 2.24. The molecule has 0 aliphatic rings. The molecule has 7 heteroatoms. The molecule has 0 atom stereocenters. The van der Waals surface area contributed by atoms with Crippen LogP contribution in [0.3, 0.4) is 0 Å². The average molecular weight is 273 g/mol. The van der Waals surface area contributed by atoms with E-state index in [0.717, 1.165) is 0 Å². The third-order valence-corrected chi connectivity index (χ3v) is 4.37. The smallest absolute Gasteiger partial charge is 0.341 e. The highest BCUT2D eigenvalue weighted by atomic mass is 32.2. The molecular formula is C11H15NO5S. The Morgan fingerprint density at radius 3 is 2.50 bits per heavy atom. The maximum atomic E-state index is 11.8. The number of carboxylic acids is 1. The van der Waals surface area contributed by atoms with Gasteiger partial charge in [-0.15, -0.1) is 0 Å². The predicted octanol–water partition coefficient (Wildman–Crippen LogP) is 0.290. The predicted molar refractivity (Wildman–Crippen MR) is 66.7 cm³/mol. The van der Waals surface area contributed by atoms with Crippen molar-refractivity contribution in [3.05, 3.63) is 33.7 Å². The largest absolute Gasteiger partial charge is 0.477 e. The first-order chi connectivity index (χ1) is 8.28. The van der Waals surface area contributed by atoms with Gasteiger partial charge in [-0.1, -0.05) is 6.92 Å². The molecule has 0 aliphatic heterocycles. The Hall–Kier alpha value is -1.63. The quantitative estimate of drug-likeness (QED) is 0.832. The number of sulfone groups is 1. The third kappa shape index (κ3) is 3.19. The molecule has 0 saturated carbocycles. The summed E-state index contributed by atoms with van der Waals surface area (Å²) in [5, 5.41) is 8.82. The summed E-state index contributed by atoms with van der Waals surface area (Å²) >= 11 is 0. The second-order valence-corrected chi connectivity index (χ2v) is 6.36. The van der Waals surface area contributed by atoms with Gasteiger partial charge in [-0.25, -0.2) is 13.2 Å². The van der Waals surface area contributed by atoms with Crippen molar-refractivity contribution in [2.75, 3.05) is 11.5 Å². The molecule has 1 aromatic heterocycles. The summed E-state index contributed by atoms with van der Waals surface area (Å²) in [6.07, 6.45) is 0. The first kappa shape index (κ1) is 14.4. The molecule has 0 spiro atoms. The molecule has 0 radical (unpaired) electrons. The van der Waals surface area contributed by atoms with Crippen LogP contribution in [-0.2, 0) is 16.4 Å². The van der Waals surface area contributed by atoms with E-state index in [1.165, 1.54) is 23.6 Å². The normalized spacial score (nSPS) is 11.4. The number of hydrogen-bond donors (Lipinski definition) is 1. The lowest BCUT2D eigenvalue weighted by atomic mass is 10.2. The average Bonchev–Trinajstić information content (AvgIpc) is 2.28. The van der Waals surface area contributed by atoms with Crippen LogP contribution in [0.5, 0.6) is 0 Å². The van der Waals surface area contributed by atoms with Gasteiger partial charge in [0.1, 0.15) is 5.56 Å². The van der Waals surface area contributed by atoms with Crippen LogP contribution in [0.15, 0.2) is 16.9 Å². The van der Waals surface area contributed by atoms with Crippen LogP contribution in [0.4, 0.5) is 0 Å². The van der Waals surface area contributed by atoms with Crippen molar-refractivity contribution in [3.63, 3.8) is 0 Å². The van der Waals surface area contributed by atoms with Crippen molar-refractivity contribution in [1.29, 1.82) is 0 Å². The molecule has 1 heterocycles. The second-order valence-electron chi connectivity index (χ2n) is 3.89. The van der Waals surface area contributed by atoms with E-state index < -0.39 is 21.4 Å². The highest BCUT2D eigenvalue weighted by molar-refractivity contribution is 7.91. The number of pyridine rings is 1.